The Bertz CT molecular complexity index is 586. The van der Waals surface area contributed by atoms with Gasteiger partial charge in [-0.1, -0.05) is 20.8 Å². The lowest BCUT2D eigenvalue weighted by molar-refractivity contribution is -0.125. The monoisotopic (exact) mass is 271 g/mol. The molecule has 3 nitrogen and oxygen atoms in total. The minimum atomic E-state index is -0.208. The van der Waals surface area contributed by atoms with Gasteiger partial charge in [-0.15, -0.1) is 0 Å². The highest BCUT2D eigenvalue weighted by atomic mass is 16.3. The molecule has 0 spiro atoms. The number of phenols is 1. The fourth-order valence-electron chi connectivity index (χ4n) is 3.81. The first-order chi connectivity index (χ1) is 9.36. The van der Waals surface area contributed by atoms with Gasteiger partial charge in [-0.05, 0) is 48.4 Å². The summed E-state index contributed by atoms with van der Waals surface area (Å²) in [7, 11) is 0. The Labute approximate surface area is 119 Å². The van der Waals surface area contributed by atoms with Crippen molar-refractivity contribution in [1.29, 1.82) is 0 Å². The van der Waals surface area contributed by atoms with Crippen LogP contribution in [0, 0.1) is 16.7 Å². The van der Waals surface area contributed by atoms with E-state index < -0.39 is 0 Å². The van der Waals surface area contributed by atoms with Gasteiger partial charge in [0.2, 0.25) is 0 Å². The normalized spacial score (nSPS) is 32.9. The third kappa shape index (κ3) is 1.62. The predicted molar refractivity (Wildman–Crippen MR) is 79.4 cm³/mol. The van der Waals surface area contributed by atoms with E-state index in [0.717, 1.165) is 24.1 Å². The Morgan fingerprint density at radius 1 is 1.25 bits per heavy atom. The molecular weight excluding hydrogens is 250 g/mol. The Kier molecular flexibility index (Phi) is 2.72. The van der Waals surface area contributed by atoms with Gasteiger partial charge in [0.1, 0.15) is 5.75 Å². The predicted octanol–water partition coefficient (Wildman–Crippen LogP) is 3.71. The van der Waals surface area contributed by atoms with Gasteiger partial charge in [-0.25, -0.2) is 0 Å². The van der Waals surface area contributed by atoms with Crippen molar-refractivity contribution in [3.05, 3.63) is 36.0 Å². The first-order valence-corrected chi connectivity index (χ1v) is 7.17. The van der Waals surface area contributed by atoms with Crippen LogP contribution in [-0.4, -0.2) is 10.9 Å². The van der Waals surface area contributed by atoms with Crippen LogP contribution in [0.25, 0.3) is 0 Å². The molecule has 2 aliphatic rings. The number of rotatable bonds is 2. The lowest BCUT2D eigenvalue weighted by atomic mass is 9.70. The number of fused-ring (bicyclic) bond motifs is 2. The van der Waals surface area contributed by atoms with Gasteiger partial charge in [0.05, 0.1) is 0 Å². The molecule has 0 saturated heterocycles. The molecule has 1 aromatic rings. The second kappa shape index (κ2) is 4.11. The van der Waals surface area contributed by atoms with E-state index in [1.807, 2.05) is 6.20 Å². The number of aromatic hydroxyl groups is 1. The van der Waals surface area contributed by atoms with Crippen LogP contribution < -0.4 is 5.32 Å². The molecule has 2 bridgehead atoms. The minimum Gasteiger partial charge on any atom is -0.508 e. The van der Waals surface area contributed by atoms with Crippen molar-refractivity contribution < 1.29 is 9.90 Å². The van der Waals surface area contributed by atoms with E-state index in [1.54, 1.807) is 24.3 Å². The molecule has 0 heterocycles. The summed E-state index contributed by atoms with van der Waals surface area (Å²) in [5.41, 5.74) is 1.65. The van der Waals surface area contributed by atoms with Crippen LogP contribution in [0.1, 0.15) is 33.6 Å². The zero-order valence-electron chi connectivity index (χ0n) is 12.2. The molecule has 0 aromatic heterocycles. The number of nitrogens with one attached hydrogen (secondary N) is 1. The van der Waals surface area contributed by atoms with Crippen molar-refractivity contribution in [3.8, 4) is 5.75 Å². The van der Waals surface area contributed by atoms with Crippen LogP contribution in [0.2, 0.25) is 0 Å². The molecule has 106 valence electrons. The standard InChI is InChI=1S/C17H21NO2/c1-16(2)14-8-9-17(16,3)15(20)13(14)10-18-11-4-6-12(19)7-5-11/h4-7,10,14,18-19H,8-9H2,1-3H3/b13-10-/t14-,17-/m0/s1. The fourth-order valence-corrected chi connectivity index (χ4v) is 3.81. The van der Waals surface area contributed by atoms with Crippen LogP contribution >= 0.6 is 0 Å². The van der Waals surface area contributed by atoms with Gasteiger partial charge in [0.15, 0.2) is 5.78 Å². The van der Waals surface area contributed by atoms with E-state index in [2.05, 4.69) is 26.1 Å². The van der Waals surface area contributed by atoms with Crippen molar-refractivity contribution in [1.82, 2.24) is 0 Å². The lowest BCUT2D eigenvalue weighted by Crippen LogP contribution is -2.32. The summed E-state index contributed by atoms with van der Waals surface area (Å²) in [4.78, 5) is 12.6. The summed E-state index contributed by atoms with van der Waals surface area (Å²) in [6.07, 6.45) is 3.96. The maximum atomic E-state index is 12.6. The molecule has 2 fully saturated rings. The maximum absolute atomic E-state index is 12.6. The number of anilines is 1. The van der Waals surface area contributed by atoms with Gasteiger partial charge in [-0.3, -0.25) is 4.79 Å². The van der Waals surface area contributed by atoms with Gasteiger partial charge >= 0.3 is 0 Å². The number of benzene rings is 1. The lowest BCUT2D eigenvalue weighted by Gasteiger charge is -2.31. The zero-order chi connectivity index (χ0) is 14.5. The topological polar surface area (TPSA) is 49.3 Å². The number of carbonyl (C=O) groups is 1. The largest absolute Gasteiger partial charge is 0.508 e. The first kappa shape index (κ1) is 13.2. The SMILES string of the molecule is CC1(C)[C@H]2CC[C@@]1(C)C(=O)/C2=C\Nc1ccc(O)cc1. The molecule has 2 N–H and O–H groups in total. The molecular formula is C17H21NO2. The highest BCUT2D eigenvalue weighted by Crippen LogP contribution is 2.65. The molecule has 0 radical (unpaired) electrons. The van der Waals surface area contributed by atoms with E-state index in [4.69, 9.17) is 0 Å². The van der Waals surface area contributed by atoms with E-state index in [-0.39, 0.29) is 16.6 Å². The zero-order valence-corrected chi connectivity index (χ0v) is 12.2. The number of hydrogen-bond donors (Lipinski definition) is 2. The molecule has 0 unspecified atom stereocenters. The van der Waals surface area contributed by atoms with E-state index in [1.165, 1.54) is 0 Å². The van der Waals surface area contributed by atoms with Crippen molar-refractivity contribution in [3.63, 3.8) is 0 Å². The Morgan fingerprint density at radius 2 is 1.90 bits per heavy atom. The summed E-state index contributed by atoms with van der Waals surface area (Å²) in [5.74, 6) is 0.891. The second-order valence-corrected chi connectivity index (χ2v) is 6.77. The Hall–Kier alpha value is -1.77. The summed E-state index contributed by atoms with van der Waals surface area (Å²) in [5, 5.41) is 12.5. The second-order valence-electron chi connectivity index (χ2n) is 6.77. The molecule has 3 heteroatoms. The van der Waals surface area contributed by atoms with Gasteiger partial charge < -0.3 is 10.4 Å². The molecule has 1 aromatic carbocycles. The minimum absolute atomic E-state index is 0.0482. The number of Topliss-reactive ketones (excluding diaryl/α,β-unsaturated/α-hetero) is 1. The van der Waals surface area contributed by atoms with Crippen molar-refractivity contribution in [2.24, 2.45) is 16.7 Å². The van der Waals surface area contributed by atoms with Gasteiger partial charge in [0, 0.05) is 22.9 Å². The molecule has 20 heavy (non-hydrogen) atoms. The van der Waals surface area contributed by atoms with Crippen molar-refractivity contribution in [2.45, 2.75) is 33.6 Å². The number of ketones is 1. The van der Waals surface area contributed by atoms with Crippen LogP contribution in [0.15, 0.2) is 36.0 Å². The smallest absolute Gasteiger partial charge is 0.167 e. The Balaban J connectivity index is 1.87. The first-order valence-electron chi connectivity index (χ1n) is 7.17. The summed E-state index contributed by atoms with van der Waals surface area (Å²) in [6.45, 7) is 6.53. The van der Waals surface area contributed by atoms with Gasteiger partial charge in [-0.2, -0.15) is 0 Å². The third-order valence-electron chi connectivity index (χ3n) is 5.63. The fraction of sp³-hybridized carbons (Fsp3) is 0.471. The molecule has 0 aliphatic heterocycles. The van der Waals surface area contributed by atoms with Crippen LogP contribution in [0.3, 0.4) is 0 Å². The molecule has 2 atom stereocenters. The quantitative estimate of drug-likeness (QED) is 0.636. The number of phenolic OH excluding ortho intramolecular Hbond substituents is 1. The summed E-state index contributed by atoms with van der Waals surface area (Å²) < 4.78 is 0. The molecule has 0 amide bonds. The third-order valence-corrected chi connectivity index (χ3v) is 5.63. The summed E-state index contributed by atoms with van der Waals surface area (Å²) >= 11 is 0. The van der Waals surface area contributed by atoms with Crippen LogP contribution in [-0.2, 0) is 4.79 Å². The van der Waals surface area contributed by atoms with Crippen molar-refractivity contribution in [2.75, 3.05) is 5.32 Å². The number of hydrogen-bond acceptors (Lipinski definition) is 3. The van der Waals surface area contributed by atoms with E-state index >= 15 is 0 Å². The molecule has 2 aliphatic carbocycles. The van der Waals surface area contributed by atoms with E-state index in [9.17, 15) is 9.90 Å². The van der Waals surface area contributed by atoms with E-state index in [0.29, 0.717) is 11.7 Å². The number of allylic oxidation sites excluding steroid dienone is 1. The maximum Gasteiger partial charge on any atom is 0.167 e. The molecule has 2 saturated carbocycles. The highest BCUT2D eigenvalue weighted by Gasteiger charge is 2.63. The summed E-state index contributed by atoms with van der Waals surface area (Å²) in [6, 6.07) is 6.87. The highest BCUT2D eigenvalue weighted by molar-refractivity contribution is 6.04. The van der Waals surface area contributed by atoms with Gasteiger partial charge in [0.25, 0.3) is 0 Å². The van der Waals surface area contributed by atoms with Crippen LogP contribution in [0.4, 0.5) is 5.69 Å². The average molecular weight is 271 g/mol. The number of carbonyl (C=O) groups excluding carboxylic acids is 1. The Morgan fingerprint density at radius 3 is 2.45 bits per heavy atom. The average Bonchev–Trinajstić information content (AvgIpc) is 2.71. The molecule has 3 rings (SSSR count). The van der Waals surface area contributed by atoms with Crippen LogP contribution in [0.5, 0.6) is 5.75 Å². The van der Waals surface area contributed by atoms with Crippen molar-refractivity contribution >= 4 is 11.5 Å².